The van der Waals surface area contributed by atoms with Crippen LogP contribution in [0.5, 0.6) is 11.5 Å². The number of fused-ring (bicyclic) bond motifs is 2. The maximum absolute atomic E-state index is 13.5. The second-order valence-corrected chi connectivity index (χ2v) is 10.3. The van der Waals surface area contributed by atoms with E-state index >= 15 is 0 Å². The largest absolute Gasteiger partial charge is 0.486 e. The number of anilines is 1. The van der Waals surface area contributed by atoms with E-state index in [2.05, 4.69) is 17.0 Å². The number of rotatable bonds is 6. The number of carbonyl (C=O) groups excluding carboxylic acids is 1. The van der Waals surface area contributed by atoms with Crippen LogP contribution >= 0.6 is 11.8 Å². The summed E-state index contributed by atoms with van der Waals surface area (Å²) in [5, 5.41) is 1.05. The predicted molar refractivity (Wildman–Crippen MR) is 148 cm³/mol. The van der Waals surface area contributed by atoms with Gasteiger partial charge in [-0.15, -0.1) is 0 Å². The Kier molecular flexibility index (Phi) is 6.92. The first-order chi connectivity index (χ1) is 18.7. The Balaban J connectivity index is 1.17. The van der Waals surface area contributed by atoms with Gasteiger partial charge in [-0.2, -0.15) is 0 Å². The lowest BCUT2D eigenvalue weighted by Crippen LogP contribution is -2.49. The van der Waals surface area contributed by atoms with Crippen molar-refractivity contribution in [3.8, 4) is 11.5 Å². The third-order valence-electron chi connectivity index (χ3n) is 6.86. The van der Waals surface area contributed by atoms with E-state index < -0.39 is 0 Å². The highest BCUT2D eigenvalue weighted by Crippen LogP contribution is 2.31. The maximum Gasteiger partial charge on any atom is 0.262 e. The standard InChI is InChI=1S/C29H28N4O4S/c34-27(32-16-14-31(15-17-32)21-8-2-1-3-9-21)20-38-29-30-24-11-5-4-10-23(24)28(35)33(29)18-22-19-36-25-12-6-7-13-26(25)37-22/h1-13,22H,14-20H2/t22-/m0/s1. The Morgan fingerprint density at radius 1 is 0.895 bits per heavy atom. The summed E-state index contributed by atoms with van der Waals surface area (Å²) in [6.07, 6.45) is -0.355. The summed E-state index contributed by atoms with van der Waals surface area (Å²) in [4.78, 5) is 35.6. The summed E-state index contributed by atoms with van der Waals surface area (Å²) in [6.45, 7) is 3.51. The van der Waals surface area contributed by atoms with Crippen LogP contribution in [0.1, 0.15) is 0 Å². The van der Waals surface area contributed by atoms with Crippen LogP contribution in [0.4, 0.5) is 5.69 Å². The zero-order chi connectivity index (χ0) is 25.9. The second kappa shape index (κ2) is 10.8. The molecule has 6 rings (SSSR count). The molecular formula is C29H28N4O4S. The van der Waals surface area contributed by atoms with Crippen LogP contribution in [-0.2, 0) is 11.3 Å². The molecule has 194 valence electrons. The van der Waals surface area contributed by atoms with Gasteiger partial charge in [0.05, 0.1) is 23.2 Å². The lowest BCUT2D eigenvalue weighted by molar-refractivity contribution is -0.128. The van der Waals surface area contributed by atoms with E-state index in [9.17, 15) is 9.59 Å². The highest BCUT2D eigenvalue weighted by molar-refractivity contribution is 7.99. The quantitative estimate of drug-likeness (QED) is 0.279. The van der Waals surface area contributed by atoms with Gasteiger partial charge in [0.15, 0.2) is 22.8 Å². The number of carbonyl (C=O) groups is 1. The van der Waals surface area contributed by atoms with Crippen LogP contribution in [0.2, 0.25) is 0 Å². The number of para-hydroxylation sites is 4. The van der Waals surface area contributed by atoms with Crippen LogP contribution in [0, 0.1) is 0 Å². The number of ether oxygens (including phenoxy) is 2. The van der Waals surface area contributed by atoms with E-state index in [1.54, 1.807) is 10.6 Å². The molecule has 1 saturated heterocycles. The van der Waals surface area contributed by atoms with Crippen molar-refractivity contribution in [1.29, 1.82) is 0 Å². The fraction of sp³-hybridized carbons (Fsp3) is 0.276. The number of aromatic nitrogens is 2. The van der Waals surface area contributed by atoms with Crippen molar-refractivity contribution < 1.29 is 14.3 Å². The van der Waals surface area contributed by atoms with Crippen molar-refractivity contribution in [1.82, 2.24) is 14.5 Å². The molecule has 0 aliphatic carbocycles. The van der Waals surface area contributed by atoms with Gasteiger partial charge in [0, 0.05) is 31.9 Å². The van der Waals surface area contributed by atoms with Crippen molar-refractivity contribution in [2.45, 2.75) is 17.8 Å². The van der Waals surface area contributed by atoms with E-state index in [0.29, 0.717) is 47.3 Å². The molecule has 1 fully saturated rings. The number of hydrogen-bond donors (Lipinski definition) is 0. The topological polar surface area (TPSA) is 76.9 Å². The van der Waals surface area contributed by atoms with Crippen molar-refractivity contribution in [3.05, 3.63) is 89.2 Å². The zero-order valence-electron chi connectivity index (χ0n) is 20.9. The van der Waals surface area contributed by atoms with Crippen LogP contribution < -0.4 is 19.9 Å². The normalized spacial score (nSPS) is 17.0. The number of amides is 1. The molecule has 0 saturated carbocycles. The molecule has 0 unspecified atom stereocenters. The summed E-state index contributed by atoms with van der Waals surface area (Å²) in [5.41, 5.74) is 1.64. The monoisotopic (exact) mass is 528 g/mol. The van der Waals surface area contributed by atoms with Gasteiger partial charge in [-0.3, -0.25) is 14.2 Å². The Bertz CT molecular complexity index is 1500. The van der Waals surface area contributed by atoms with Gasteiger partial charge < -0.3 is 19.3 Å². The van der Waals surface area contributed by atoms with E-state index in [1.165, 1.54) is 17.4 Å². The number of piperazine rings is 1. The molecule has 1 aromatic heterocycles. The summed E-state index contributed by atoms with van der Waals surface area (Å²) in [7, 11) is 0. The first kappa shape index (κ1) is 24.4. The zero-order valence-corrected chi connectivity index (χ0v) is 21.7. The van der Waals surface area contributed by atoms with Gasteiger partial charge in [0.25, 0.3) is 5.56 Å². The third-order valence-corrected chi connectivity index (χ3v) is 7.82. The summed E-state index contributed by atoms with van der Waals surface area (Å²) >= 11 is 1.30. The number of benzene rings is 3. The van der Waals surface area contributed by atoms with Gasteiger partial charge in [0.1, 0.15) is 6.61 Å². The molecule has 9 heteroatoms. The number of nitrogens with zero attached hydrogens (tertiary/aromatic N) is 4. The van der Waals surface area contributed by atoms with E-state index in [-0.39, 0.29) is 29.9 Å². The SMILES string of the molecule is O=C(CSc1nc2ccccc2c(=O)n1C[C@H]1COc2ccccc2O1)N1CCN(c2ccccc2)CC1. The summed E-state index contributed by atoms with van der Waals surface area (Å²) in [6, 6.07) is 25.1. The van der Waals surface area contributed by atoms with Crippen molar-refractivity contribution in [2.24, 2.45) is 0 Å². The smallest absolute Gasteiger partial charge is 0.262 e. The molecular weight excluding hydrogens is 500 g/mol. The molecule has 0 spiro atoms. The molecule has 2 aliphatic heterocycles. The Hall–Kier alpha value is -3.98. The number of hydrogen-bond acceptors (Lipinski definition) is 7. The highest BCUT2D eigenvalue weighted by atomic mass is 32.2. The average molecular weight is 529 g/mol. The molecule has 1 amide bonds. The first-order valence-corrected chi connectivity index (χ1v) is 13.7. The van der Waals surface area contributed by atoms with E-state index in [1.807, 2.05) is 65.6 Å². The van der Waals surface area contributed by atoms with Crippen LogP contribution in [0.3, 0.4) is 0 Å². The molecule has 0 radical (unpaired) electrons. The first-order valence-electron chi connectivity index (χ1n) is 12.7. The van der Waals surface area contributed by atoms with Crippen LogP contribution in [0.25, 0.3) is 10.9 Å². The molecule has 3 aromatic carbocycles. The lowest BCUT2D eigenvalue weighted by Gasteiger charge is -2.36. The maximum atomic E-state index is 13.5. The average Bonchev–Trinajstić information content (AvgIpc) is 2.98. The summed E-state index contributed by atoms with van der Waals surface area (Å²) < 4.78 is 13.6. The Morgan fingerprint density at radius 3 is 2.42 bits per heavy atom. The van der Waals surface area contributed by atoms with Crippen molar-refractivity contribution in [3.63, 3.8) is 0 Å². The number of thioether (sulfide) groups is 1. The Morgan fingerprint density at radius 2 is 1.61 bits per heavy atom. The molecule has 4 aromatic rings. The fourth-order valence-corrected chi connectivity index (χ4v) is 5.76. The molecule has 0 bridgehead atoms. The molecule has 8 nitrogen and oxygen atoms in total. The highest BCUT2D eigenvalue weighted by Gasteiger charge is 2.25. The van der Waals surface area contributed by atoms with E-state index in [4.69, 9.17) is 14.5 Å². The van der Waals surface area contributed by atoms with Crippen molar-refractivity contribution in [2.75, 3.05) is 43.4 Å². The summed E-state index contributed by atoms with van der Waals surface area (Å²) in [5.74, 6) is 1.61. The minimum Gasteiger partial charge on any atom is -0.486 e. The van der Waals surface area contributed by atoms with Crippen LogP contribution in [0.15, 0.2) is 88.8 Å². The van der Waals surface area contributed by atoms with E-state index in [0.717, 1.165) is 13.1 Å². The molecule has 2 aliphatic rings. The van der Waals surface area contributed by atoms with Gasteiger partial charge in [-0.25, -0.2) is 4.98 Å². The molecule has 1 atom stereocenters. The Labute approximate surface area is 224 Å². The minimum atomic E-state index is -0.355. The fourth-order valence-electron chi connectivity index (χ4n) is 4.85. The minimum absolute atomic E-state index is 0.0443. The third kappa shape index (κ3) is 5.06. The second-order valence-electron chi connectivity index (χ2n) is 9.32. The van der Waals surface area contributed by atoms with Gasteiger partial charge in [-0.1, -0.05) is 54.2 Å². The molecule has 0 N–H and O–H groups in total. The molecule has 38 heavy (non-hydrogen) atoms. The molecule has 3 heterocycles. The van der Waals surface area contributed by atoms with Crippen LogP contribution in [-0.4, -0.2) is 65.0 Å². The van der Waals surface area contributed by atoms with Gasteiger partial charge in [0.2, 0.25) is 5.91 Å². The lowest BCUT2D eigenvalue weighted by atomic mass is 10.2. The van der Waals surface area contributed by atoms with Crippen molar-refractivity contribution >= 4 is 34.3 Å². The van der Waals surface area contributed by atoms with Gasteiger partial charge >= 0.3 is 0 Å². The predicted octanol–water partition coefficient (Wildman–Crippen LogP) is 3.68. The van der Waals surface area contributed by atoms with Gasteiger partial charge in [-0.05, 0) is 36.4 Å².